The molecule has 0 N–H and O–H groups in total. The van der Waals surface area contributed by atoms with Crippen molar-refractivity contribution in [1.29, 1.82) is 0 Å². The van der Waals surface area contributed by atoms with Crippen LogP contribution in [-0.4, -0.2) is 9.97 Å². The van der Waals surface area contributed by atoms with E-state index in [0.29, 0.717) is 11.0 Å². The van der Waals surface area contributed by atoms with Crippen LogP contribution in [0.2, 0.25) is 5.15 Å². The lowest BCUT2D eigenvalue weighted by molar-refractivity contribution is 1.05. The van der Waals surface area contributed by atoms with Crippen molar-refractivity contribution in [3.05, 3.63) is 22.4 Å². The van der Waals surface area contributed by atoms with Crippen molar-refractivity contribution < 1.29 is 0 Å². The lowest BCUT2D eigenvalue weighted by atomic mass is 10.4. The maximum absolute atomic E-state index is 5.89. The van der Waals surface area contributed by atoms with Crippen LogP contribution in [0.5, 0.6) is 0 Å². The SMILES string of the molecule is Clc1nc(C(Cl)Cl)nc2sccc12. The van der Waals surface area contributed by atoms with E-state index in [2.05, 4.69) is 9.97 Å². The minimum absolute atomic E-state index is 0.350. The largest absolute Gasteiger partial charge is 0.219 e. The highest BCUT2D eigenvalue weighted by Gasteiger charge is 2.11. The first-order valence-corrected chi connectivity index (χ1v) is 5.50. The van der Waals surface area contributed by atoms with Crippen LogP contribution in [0.4, 0.5) is 0 Å². The molecule has 0 aliphatic rings. The quantitative estimate of drug-likeness (QED) is 0.570. The third kappa shape index (κ3) is 1.74. The van der Waals surface area contributed by atoms with Crippen LogP contribution >= 0.6 is 46.1 Å². The first-order chi connectivity index (χ1) is 6.18. The van der Waals surface area contributed by atoms with Crippen LogP contribution in [0.15, 0.2) is 11.4 Å². The zero-order chi connectivity index (χ0) is 9.42. The molecule has 0 aromatic carbocycles. The Labute approximate surface area is 93.5 Å². The molecular formula is C7H3Cl3N2S. The number of rotatable bonds is 1. The number of aromatic nitrogens is 2. The van der Waals surface area contributed by atoms with E-state index in [0.717, 1.165) is 10.2 Å². The molecule has 2 heterocycles. The van der Waals surface area contributed by atoms with E-state index in [1.54, 1.807) is 0 Å². The molecule has 13 heavy (non-hydrogen) atoms. The van der Waals surface area contributed by atoms with Crippen molar-refractivity contribution in [3.8, 4) is 0 Å². The molecule has 68 valence electrons. The molecule has 0 aliphatic carbocycles. The van der Waals surface area contributed by atoms with Gasteiger partial charge in [0, 0.05) is 5.39 Å². The summed E-state index contributed by atoms with van der Waals surface area (Å²) >= 11 is 18.6. The minimum Gasteiger partial charge on any atom is -0.219 e. The van der Waals surface area contributed by atoms with E-state index in [-0.39, 0.29) is 0 Å². The molecule has 0 atom stereocenters. The lowest BCUT2D eigenvalue weighted by Gasteiger charge is -2.00. The molecule has 0 saturated heterocycles. The zero-order valence-corrected chi connectivity index (χ0v) is 9.25. The fourth-order valence-corrected chi connectivity index (χ4v) is 2.19. The predicted octanol–water partition coefficient (Wildman–Crippen LogP) is 3.82. The molecule has 2 aromatic rings. The Morgan fingerprint density at radius 3 is 2.77 bits per heavy atom. The summed E-state index contributed by atoms with van der Waals surface area (Å²) in [5, 5.41) is 3.13. The van der Waals surface area contributed by atoms with Crippen molar-refractivity contribution in [1.82, 2.24) is 9.97 Å². The summed E-state index contributed by atoms with van der Waals surface area (Å²) in [7, 11) is 0. The molecule has 0 spiro atoms. The fourth-order valence-electron chi connectivity index (χ4n) is 0.932. The summed E-state index contributed by atoms with van der Waals surface area (Å²) in [6, 6.07) is 1.86. The van der Waals surface area contributed by atoms with Crippen molar-refractivity contribution in [2.45, 2.75) is 4.84 Å². The molecule has 0 unspecified atom stereocenters. The van der Waals surface area contributed by atoms with Gasteiger partial charge in [0.1, 0.15) is 9.98 Å². The van der Waals surface area contributed by atoms with E-state index in [9.17, 15) is 0 Å². The number of fused-ring (bicyclic) bond motifs is 1. The van der Waals surface area contributed by atoms with Gasteiger partial charge in [-0.3, -0.25) is 0 Å². The Kier molecular flexibility index (Phi) is 2.60. The molecule has 0 bridgehead atoms. The summed E-state index contributed by atoms with van der Waals surface area (Å²) in [5.74, 6) is 0.350. The van der Waals surface area contributed by atoms with Gasteiger partial charge in [0.25, 0.3) is 0 Å². The second-order valence-corrected chi connectivity index (χ2v) is 4.66. The van der Waals surface area contributed by atoms with Gasteiger partial charge in [0.15, 0.2) is 10.7 Å². The fraction of sp³-hybridized carbons (Fsp3) is 0.143. The molecule has 0 radical (unpaired) electrons. The summed E-state index contributed by atoms with van der Waals surface area (Å²) in [4.78, 5) is 8.20. The van der Waals surface area contributed by atoms with Crippen molar-refractivity contribution in [3.63, 3.8) is 0 Å². The summed E-state index contributed by atoms with van der Waals surface area (Å²) in [6.45, 7) is 0. The number of hydrogen-bond acceptors (Lipinski definition) is 3. The first kappa shape index (κ1) is 9.46. The average Bonchev–Trinajstić information content (AvgIpc) is 2.51. The highest BCUT2D eigenvalue weighted by Crippen LogP contribution is 2.29. The highest BCUT2D eigenvalue weighted by atomic mass is 35.5. The van der Waals surface area contributed by atoms with Crippen LogP contribution in [0, 0.1) is 0 Å². The lowest BCUT2D eigenvalue weighted by Crippen LogP contribution is -1.93. The van der Waals surface area contributed by atoms with Gasteiger partial charge >= 0.3 is 0 Å². The van der Waals surface area contributed by atoms with Gasteiger partial charge in [-0.2, -0.15) is 0 Å². The summed E-state index contributed by atoms with van der Waals surface area (Å²) in [5.41, 5.74) is 0. The average molecular weight is 254 g/mol. The maximum atomic E-state index is 5.89. The highest BCUT2D eigenvalue weighted by molar-refractivity contribution is 7.16. The molecular weight excluding hydrogens is 251 g/mol. The standard InChI is InChI=1S/C7H3Cl3N2S/c8-4(9)6-11-5(10)3-1-2-13-7(3)12-6/h1-2,4H. The molecule has 0 saturated carbocycles. The number of thiophene rings is 1. The van der Waals surface area contributed by atoms with Gasteiger partial charge in [-0.1, -0.05) is 34.8 Å². The minimum atomic E-state index is -0.732. The molecule has 0 aliphatic heterocycles. The summed E-state index contributed by atoms with van der Waals surface area (Å²) < 4.78 is 0. The molecule has 6 heteroatoms. The molecule has 2 nitrogen and oxygen atoms in total. The van der Waals surface area contributed by atoms with E-state index in [4.69, 9.17) is 34.8 Å². The Morgan fingerprint density at radius 1 is 1.31 bits per heavy atom. The van der Waals surface area contributed by atoms with Crippen molar-refractivity contribution in [2.75, 3.05) is 0 Å². The van der Waals surface area contributed by atoms with Crippen LogP contribution in [0.1, 0.15) is 10.7 Å². The van der Waals surface area contributed by atoms with Crippen LogP contribution < -0.4 is 0 Å². The van der Waals surface area contributed by atoms with Gasteiger partial charge in [-0.25, -0.2) is 9.97 Å². The second-order valence-electron chi connectivity index (χ2n) is 2.31. The van der Waals surface area contributed by atoms with Crippen LogP contribution in [0.3, 0.4) is 0 Å². The molecule has 2 aromatic heterocycles. The van der Waals surface area contributed by atoms with E-state index < -0.39 is 4.84 Å². The topological polar surface area (TPSA) is 25.8 Å². The molecule has 2 rings (SSSR count). The predicted molar refractivity (Wildman–Crippen MR) is 56.9 cm³/mol. The van der Waals surface area contributed by atoms with Crippen molar-refractivity contribution >= 4 is 56.4 Å². The van der Waals surface area contributed by atoms with E-state index in [1.807, 2.05) is 11.4 Å². The third-order valence-corrected chi connectivity index (χ3v) is 2.98. The number of nitrogens with zero attached hydrogens (tertiary/aromatic N) is 2. The number of alkyl halides is 2. The Morgan fingerprint density at radius 2 is 2.08 bits per heavy atom. The second kappa shape index (κ2) is 3.58. The molecule has 0 amide bonds. The van der Waals surface area contributed by atoms with E-state index >= 15 is 0 Å². The van der Waals surface area contributed by atoms with Gasteiger partial charge < -0.3 is 0 Å². The number of halogens is 3. The zero-order valence-electron chi connectivity index (χ0n) is 6.17. The maximum Gasteiger partial charge on any atom is 0.167 e. The van der Waals surface area contributed by atoms with Gasteiger partial charge in [-0.15, -0.1) is 11.3 Å². The Hall–Kier alpha value is -0.0900. The van der Waals surface area contributed by atoms with Crippen molar-refractivity contribution in [2.24, 2.45) is 0 Å². The third-order valence-electron chi connectivity index (χ3n) is 1.49. The van der Waals surface area contributed by atoms with Crippen LogP contribution in [0.25, 0.3) is 10.2 Å². The number of hydrogen-bond donors (Lipinski definition) is 0. The summed E-state index contributed by atoms with van der Waals surface area (Å²) in [6.07, 6.45) is 0. The van der Waals surface area contributed by atoms with Gasteiger partial charge in [-0.05, 0) is 11.4 Å². The first-order valence-electron chi connectivity index (χ1n) is 3.37. The molecule has 0 fully saturated rings. The van der Waals surface area contributed by atoms with Gasteiger partial charge in [0.2, 0.25) is 0 Å². The van der Waals surface area contributed by atoms with Gasteiger partial charge in [0.05, 0.1) is 0 Å². The van der Waals surface area contributed by atoms with E-state index in [1.165, 1.54) is 11.3 Å². The smallest absolute Gasteiger partial charge is 0.167 e. The Bertz CT molecular complexity index is 440. The Balaban J connectivity index is 2.70. The monoisotopic (exact) mass is 252 g/mol. The normalized spacial score (nSPS) is 11.4. The van der Waals surface area contributed by atoms with Crippen LogP contribution in [-0.2, 0) is 0 Å².